The maximum Gasteiger partial charge on any atom is 0.256 e. The molecule has 2 aliphatic rings. The zero-order valence-electron chi connectivity index (χ0n) is 20.8. The number of anilines is 2. The number of fused-ring (bicyclic) bond motifs is 1. The summed E-state index contributed by atoms with van der Waals surface area (Å²) in [6.45, 7) is 4.20. The van der Waals surface area contributed by atoms with E-state index in [9.17, 15) is 13.2 Å². The Hall–Kier alpha value is -3.29. The van der Waals surface area contributed by atoms with E-state index in [2.05, 4.69) is 15.5 Å². The van der Waals surface area contributed by atoms with Crippen LogP contribution in [0.3, 0.4) is 0 Å². The van der Waals surface area contributed by atoms with Gasteiger partial charge in [0.1, 0.15) is 5.82 Å². The number of rotatable bonds is 5. The molecule has 0 radical (unpaired) electrons. The number of carbonyl (C=O) groups excluding carboxylic acids is 1. The molecule has 37 heavy (non-hydrogen) atoms. The molecule has 1 aromatic carbocycles. The number of halogens is 1. The second-order valence-electron chi connectivity index (χ2n) is 9.79. The Bertz CT molecular complexity index is 1510. The summed E-state index contributed by atoms with van der Waals surface area (Å²) in [5.74, 6) is 3.69. The summed E-state index contributed by atoms with van der Waals surface area (Å²) < 4.78 is 28.0. The van der Waals surface area contributed by atoms with Crippen LogP contribution in [0.25, 0.3) is 5.65 Å². The van der Waals surface area contributed by atoms with Crippen LogP contribution in [0, 0.1) is 25.2 Å². The van der Waals surface area contributed by atoms with Crippen molar-refractivity contribution in [2.75, 3.05) is 35.5 Å². The van der Waals surface area contributed by atoms with Gasteiger partial charge in [-0.1, -0.05) is 11.6 Å². The summed E-state index contributed by atoms with van der Waals surface area (Å²) in [6, 6.07) is 6.23. The summed E-state index contributed by atoms with van der Waals surface area (Å²) in [7, 11) is -3.58. The minimum atomic E-state index is -3.58. The Balaban J connectivity index is 1.48. The van der Waals surface area contributed by atoms with Gasteiger partial charge in [0.2, 0.25) is 10.0 Å². The lowest BCUT2D eigenvalue weighted by Crippen LogP contribution is -2.39. The third-order valence-corrected chi connectivity index (χ3v) is 7.79. The normalized spacial score (nSPS) is 20.3. The van der Waals surface area contributed by atoms with E-state index in [0.717, 1.165) is 62.1 Å². The van der Waals surface area contributed by atoms with Crippen molar-refractivity contribution in [1.29, 1.82) is 0 Å². The van der Waals surface area contributed by atoms with Crippen molar-refractivity contribution < 1.29 is 13.2 Å². The molecule has 0 bridgehead atoms. The van der Waals surface area contributed by atoms with E-state index in [1.54, 1.807) is 15.5 Å². The zero-order chi connectivity index (χ0) is 26.3. The van der Waals surface area contributed by atoms with Gasteiger partial charge in [0.15, 0.2) is 5.65 Å². The van der Waals surface area contributed by atoms with Gasteiger partial charge in [-0.2, -0.15) is 5.10 Å². The molecule has 0 saturated carbocycles. The molecule has 0 aliphatic carbocycles. The molecular formula is C26H29ClN6O3S. The fourth-order valence-electron chi connectivity index (χ4n) is 5.21. The fourth-order valence-corrected chi connectivity index (χ4v) is 5.96. The molecule has 11 heteroatoms. The number of piperidine rings is 1. The topological polar surface area (TPSA) is 99.9 Å². The van der Waals surface area contributed by atoms with Crippen molar-refractivity contribution >= 4 is 44.7 Å². The van der Waals surface area contributed by atoms with Crippen molar-refractivity contribution in [1.82, 2.24) is 19.5 Å². The number of aryl methyl sites for hydroxylation is 1. The molecule has 1 N–H and O–H groups in total. The number of hydrogen-bond acceptors (Lipinski definition) is 6. The summed E-state index contributed by atoms with van der Waals surface area (Å²) in [5.41, 5.74) is 2.88. The first kappa shape index (κ1) is 25.4. The van der Waals surface area contributed by atoms with Gasteiger partial charge < -0.3 is 9.80 Å². The predicted molar refractivity (Wildman–Crippen MR) is 144 cm³/mol. The van der Waals surface area contributed by atoms with E-state index >= 15 is 0 Å². The van der Waals surface area contributed by atoms with Gasteiger partial charge >= 0.3 is 0 Å². The highest BCUT2D eigenvalue weighted by atomic mass is 35.5. The van der Waals surface area contributed by atoms with Crippen molar-refractivity contribution in [3.05, 3.63) is 52.3 Å². The Morgan fingerprint density at radius 1 is 1.22 bits per heavy atom. The number of nitrogens with one attached hydrogen (secondary N) is 1. The Labute approximate surface area is 221 Å². The van der Waals surface area contributed by atoms with Crippen molar-refractivity contribution in [2.45, 2.75) is 38.6 Å². The second kappa shape index (κ2) is 9.88. The number of amides is 1. The third-order valence-electron chi connectivity index (χ3n) is 6.96. The fraction of sp³-hybridized carbons (Fsp3) is 0.423. The first-order chi connectivity index (χ1) is 17.6. The van der Waals surface area contributed by atoms with Gasteiger partial charge in [-0.25, -0.2) is 17.9 Å². The Kier molecular flexibility index (Phi) is 6.77. The molecule has 4 heterocycles. The van der Waals surface area contributed by atoms with Crippen LogP contribution in [-0.2, 0) is 10.0 Å². The molecule has 1 amide bonds. The standard InChI is InChI=1S/C26H29ClN6O3S/c1-4-18-10-12-31(16-18)25-17(2)15-33-24(28-25)14-22(29-33)23-7-5-6-11-32(23)26(34)20-13-19(27)8-9-21(20)30-37(3,35)36/h1,8-9,13-15,18,23,30H,5-7,10-12,16H2,2-3H3/t18-,23-/m0/s1. The van der Waals surface area contributed by atoms with Gasteiger partial charge in [0.05, 0.1) is 29.2 Å². The first-order valence-corrected chi connectivity index (χ1v) is 14.6. The SMILES string of the molecule is C#C[C@H]1CCN(c2nc3cc([C@@H]4CCCCN4C(=O)c4cc(Cl)ccc4NS(C)(=O)=O)nn3cc2C)C1. The lowest BCUT2D eigenvalue weighted by atomic mass is 9.98. The number of carbonyl (C=O) groups is 1. The molecule has 2 atom stereocenters. The molecule has 0 unspecified atom stereocenters. The van der Waals surface area contributed by atoms with Crippen molar-refractivity contribution in [3.63, 3.8) is 0 Å². The molecule has 3 aromatic rings. The maximum absolute atomic E-state index is 13.8. The van der Waals surface area contributed by atoms with Gasteiger partial charge in [0.25, 0.3) is 5.91 Å². The summed E-state index contributed by atoms with van der Waals surface area (Å²) >= 11 is 6.19. The molecule has 2 aliphatic heterocycles. The molecule has 5 rings (SSSR count). The molecule has 194 valence electrons. The molecule has 2 saturated heterocycles. The van der Waals surface area contributed by atoms with Crippen LogP contribution in [0.15, 0.2) is 30.5 Å². The molecule has 2 aromatic heterocycles. The molecular weight excluding hydrogens is 512 g/mol. The van der Waals surface area contributed by atoms with Gasteiger partial charge in [-0.05, 0) is 50.8 Å². The number of hydrogen-bond donors (Lipinski definition) is 1. The van der Waals surface area contributed by atoms with Crippen LogP contribution >= 0.6 is 11.6 Å². The highest BCUT2D eigenvalue weighted by molar-refractivity contribution is 7.92. The number of terminal acetylenes is 1. The van der Waals surface area contributed by atoms with E-state index in [4.69, 9.17) is 28.1 Å². The number of sulfonamides is 1. The quantitative estimate of drug-likeness (QED) is 0.493. The second-order valence-corrected chi connectivity index (χ2v) is 12.0. The summed E-state index contributed by atoms with van der Waals surface area (Å²) in [6.07, 6.45) is 12.1. The molecule has 9 nitrogen and oxygen atoms in total. The van der Waals surface area contributed by atoms with Crippen LogP contribution in [0.4, 0.5) is 11.5 Å². The Morgan fingerprint density at radius 2 is 2.03 bits per heavy atom. The van der Waals surface area contributed by atoms with E-state index in [1.165, 1.54) is 12.1 Å². The first-order valence-electron chi connectivity index (χ1n) is 12.3. The van der Waals surface area contributed by atoms with Crippen molar-refractivity contribution in [2.24, 2.45) is 5.92 Å². The largest absolute Gasteiger partial charge is 0.355 e. The average molecular weight is 541 g/mol. The lowest BCUT2D eigenvalue weighted by molar-refractivity contribution is 0.0607. The van der Waals surface area contributed by atoms with Crippen LogP contribution < -0.4 is 9.62 Å². The highest BCUT2D eigenvalue weighted by Gasteiger charge is 2.32. The predicted octanol–water partition coefficient (Wildman–Crippen LogP) is 3.89. The van der Waals surface area contributed by atoms with Gasteiger partial charge in [-0.15, -0.1) is 12.3 Å². The smallest absolute Gasteiger partial charge is 0.256 e. The average Bonchev–Trinajstić information content (AvgIpc) is 3.50. The van der Waals surface area contributed by atoms with Crippen LogP contribution in [0.1, 0.15) is 53.3 Å². The monoisotopic (exact) mass is 540 g/mol. The van der Waals surface area contributed by atoms with E-state index in [0.29, 0.717) is 17.2 Å². The third kappa shape index (κ3) is 5.24. The van der Waals surface area contributed by atoms with Crippen LogP contribution in [0.2, 0.25) is 5.02 Å². The van der Waals surface area contributed by atoms with Crippen LogP contribution in [-0.4, -0.2) is 59.7 Å². The van der Waals surface area contributed by atoms with Crippen molar-refractivity contribution in [3.8, 4) is 12.3 Å². The van der Waals surface area contributed by atoms with Gasteiger partial charge in [-0.3, -0.25) is 9.52 Å². The van der Waals surface area contributed by atoms with E-state index in [1.807, 2.05) is 19.2 Å². The highest BCUT2D eigenvalue weighted by Crippen LogP contribution is 2.34. The number of likely N-dealkylation sites (tertiary alicyclic amines) is 1. The number of nitrogens with zero attached hydrogens (tertiary/aromatic N) is 5. The Morgan fingerprint density at radius 3 is 2.76 bits per heavy atom. The lowest BCUT2D eigenvalue weighted by Gasteiger charge is -2.35. The minimum absolute atomic E-state index is 0.203. The van der Waals surface area contributed by atoms with E-state index < -0.39 is 10.0 Å². The minimum Gasteiger partial charge on any atom is -0.355 e. The molecule has 0 spiro atoms. The summed E-state index contributed by atoms with van der Waals surface area (Å²) in [5, 5.41) is 5.15. The number of benzene rings is 1. The summed E-state index contributed by atoms with van der Waals surface area (Å²) in [4.78, 5) is 22.6. The molecule has 2 fully saturated rings. The maximum atomic E-state index is 13.8. The van der Waals surface area contributed by atoms with Crippen LogP contribution in [0.5, 0.6) is 0 Å². The van der Waals surface area contributed by atoms with Gasteiger partial charge in [0, 0.05) is 48.4 Å². The van der Waals surface area contributed by atoms with E-state index in [-0.39, 0.29) is 29.1 Å². The zero-order valence-corrected chi connectivity index (χ0v) is 22.4. The number of aromatic nitrogens is 3.